The lowest BCUT2D eigenvalue weighted by molar-refractivity contribution is 0.314. The average Bonchev–Trinajstić information content (AvgIpc) is 2.37. The smallest absolute Gasteiger partial charge is 0.201 e. The first kappa shape index (κ1) is 12.4. The van der Waals surface area contributed by atoms with Crippen LogP contribution in [0.25, 0.3) is 11.1 Å². The molecule has 0 fully saturated rings. The molecule has 94 valence electrons. The van der Waals surface area contributed by atoms with Gasteiger partial charge in [0, 0.05) is 5.56 Å². The second-order valence-corrected chi connectivity index (χ2v) is 3.72. The lowest BCUT2D eigenvalue weighted by Crippen LogP contribution is -1.98. The molecule has 0 saturated heterocycles. The quantitative estimate of drug-likeness (QED) is 0.899. The zero-order valence-corrected chi connectivity index (χ0v) is 9.78. The molecule has 18 heavy (non-hydrogen) atoms. The summed E-state index contributed by atoms with van der Waals surface area (Å²) in [5.41, 5.74) is 0.628. The first-order valence-corrected chi connectivity index (χ1v) is 5.53. The Hall–Kier alpha value is -2.10. The highest BCUT2D eigenvalue weighted by Gasteiger charge is 2.15. The van der Waals surface area contributed by atoms with Crippen LogP contribution in [0.4, 0.5) is 8.78 Å². The van der Waals surface area contributed by atoms with E-state index in [0.717, 1.165) is 0 Å². The summed E-state index contributed by atoms with van der Waals surface area (Å²) in [4.78, 5) is 0. The maximum atomic E-state index is 13.9. The van der Waals surface area contributed by atoms with Crippen molar-refractivity contribution in [3.63, 3.8) is 0 Å². The Labute approximate surface area is 103 Å². The van der Waals surface area contributed by atoms with E-state index in [0.29, 0.717) is 5.56 Å². The lowest BCUT2D eigenvalue weighted by Gasteiger charge is -2.09. The zero-order chi connectivity index (χ0) is 13.1. The molecule has 0 saturated carbocycles. The van der Waals surface area contributed by atoms with E-state index in [4.69, 9.17) is 9.84 Å². The molecular formula is C14H12F2O2. The SMILES string of the molecule is CCOc1ccc(-c2ccc(O)cc2)c(F)c1F. The minimum Gasteiger partial charge on any atom is -0.508 e. The van der Waals surface area contributed by atoms with Crippen molar-refractivity contribution in [1.82, 2.24) is 0 Å². The first-order valence-electron chi connectivity index (χ1n) is 5.53. The van der Waals surface area contributed by atoms with Gasteiger partial charge in [0.15, 0.2) is 11.6 Å². The van der Waals surface area contributed by atoms with E-state index in [1.165, 1.54) is 36.4 Å². The maximum Gasteiger partial charge on any atom is 0.201 e. The van der Waals surface area contributed by atoms with Gasteiger partial charge in [0.05, 0.1) is 6.61 Å². The monoisotopic (exact) mass is 250 g/mol. The van der Waals surface area contributed by atoms with Crippen molar-refractivity contribution >= 4 is 0 Å². The summed E-state index contributed by atoms with van der Waals surface area (Å²) in [6.07, 6.45) is 0. The molecule has 0 aliphatic heterocycles. The van der Waals surface area contributed by atoms with Crippen LogP contribution in [0.1, 0.15) is 6.92 Å². The topological polar surface area (TPSA) is 29.5 Å². The van der Waals surface area contributed by atoms with Crippen LogP contribution >= 0.6 is 0 Å². The number of hydrogen-bond acceptors (Lipinski definition) is 2. The summed E-state index contributed by atoms with van der Waals surface area (Å²) in [7, 11) is 0. The second kappa shape index (κ2) is 5.04. The van der Waals surface area contributed by atoms with Crippen LogP contribution in [0.15, 0.2) is 36.4 Å². The third-order valence-electron chi connectivity index (χ3n) is 2.53. The van der Waals surface area contributed by atoms with E-state index in [-0.39, 0.29) is 23.7 Å². The number of aromatic hydroxyl groups is 1. The molecule has 2 nitrogen and oxygen atoms in total. The molecule has 0 unspecified atom stereocenters. The fraction of sp³-hybridized carbons (Fsp3) is 0.143. The van der Waals surface area contributed by atoms with Crippen molar-refractivity contribution in [3.8, 4) is 22.6 Å². The van der Waals surface area contributed by atoms with Crippen LogP contribution in [0.2, 0.25) is 0 Å². The standard InChI is InChI=1S/C14H12F2O2/c1-2-18-12-8-7-11(13(15)14(12)16)9-3-5-10(17)6-4-9/h3-8,17H,2H2,1H3. The fourth-order valence-corrected chi connectivity index (χ4v) is 1.66. The third-order valence-corrected chi connectivity index (χ3v) is 2.53. The number of phenols is 1. The summed E-state index contributed by atoms with van der Waals surface area (Å²) < 4.78 is 32.5. The van der Waals surface area contributed by atoms with Gasteiger partial charge >= 0.3 is 0 Å². The van der Waals surface area contributed by atoms with Crippen molar-refractivity contribution in [2.45, 2.75) is 6.92 Å². The van der Waals surface area contributed by atoms with E-state index >= 15 is 0 Å². The highest BCUT2D eigenvalue weighted by atomic mass is 19.2. The molecule has 0 radical (unpaired) electrons. The predicted molar refractivity (Wildman–Crippen MR) is 64.6 cm³/mol. The van der Waals surface area contributed by atoms with Crippen molar-refractivity contribution in [2.75, 3.05) is 6.61 Å². The van der Waals surface area contributed by atoms with Gasteiger partial charge in [-0.1, -0.05) is 12.1 Å². The molecule has 0 spiro atoms. The molecule has 1 N–H and O–H groups in total. The number of phenolic OH excluding ortho intramolecular Hbond substituents is 1. The number of ether oxygens (including phenoxy) is 1. The average molecular weight is 250 g/mol. The summed E-state index contributed by atoms with van der Waals surface area (Å²) in [6.45, 7) is 1.97. The molecule has 2 rings (SSSR count). The van der Waals surface area contributed by atoms with E-state index in [1.54, 1.807) is 6.92 Å². The van der Waals surface area contributed by atoms with Gasteiger partial charge in [-0.25, -0.2) is 4.39 Å². The summed E-state index contributed by atoms with van der Waals surface area (Å²) in [5, 5.41) is 9.15. The van der Waals surface area contributed by atoms with Gasteiger partial charge in [0.2, 0.25) is 5.82 Å². The van der Waals surface area contributed by atoms with Crippen molar-refractivity contribution in [1.29, 1.82) is 0 Å². The van der Waals surface area contributed by atoms with Crippen LogP contribution < -0.4 is 4.74 Å². The Kier molecular flexibility index (Phi) is 3.46. The molecule has 0 bridgehead atoms. The van der Waals surface area contributed by atoms with Gasteiger partial charge in [-0.2, -0.15) is 4.39 Å². The van der Waals surface area contributed by atoms with Crippen LogP contribution in [0, 0.1) is 11.6 Å². The van der Waals surface area contributed by atoms with Gasteiger partial charge in [-0.3, -0.25) is 0 Å². The third kappa shape index (κ3) is 2.27. The fourth-order valence-electron chi connectivity index (χ4n) is 1.66. The Balaban J connectivity index is 2.46. The van der Waals surface area contributed by atoms with Gasteiger partial charge in [-0.15, -0.1) is 0 Å². The van der Waals surface area contributed by atoms with Crippen molar-refractivity contribution in [3.05, 3.63) is 48.0 Å². The van der Waals surface area contributed by atoms with E-state index in [9.17, 15) is 8.78 Å². The molecule has 4 heteroatoms. The second-order valence-electron chi connectivity index (χ2n) is 3.72. The summed E-state index contributed by atoms with van der Waals surface area (Å²) >= 11 is 0. The van der Waals surface area contributed by atoms with E-state index in [1.807, 2.05) is 0 Å². The van der Waals surface area contributed by atoms with E-state index < -0.39 is 11.6 Å². The largest absolute Gasteiger partial charge is 0.508 e. The van der Waals surface area contributed by atoms with E-state index in [2.05, 4.69) is 0 Å². The molecule has 0 atom stereocenters. The Morgan fingerprint density at radius 3 is 2.28 bits per heavy atom. The highest BCUT2D eigenvalue weighted by Crippen LogP contribution is 2.30. The Morgan fingerprint density at radius 2 is 1.67 bits per heavy atom. The minimum atomic E-state index is -0.998. The first-order chi connectivity index (χ1) is 8.63. The molecule has 2 aromatic carbocycles. The molecule has 0 aliphatic carbocycles. The van der Waals surface area contributed by atoms with Crippen LogP contribution in [-0.2, 0) is 0 Å². The minimum absolute atomic E-state index is 0.0746. The number of hydrogen-bond donors (Lipinski definition) is 1. The molecular weight excluding hydrogens is 238 g/mol. The molecule has 0 heterocycles. The normalized spacial score (nSPS) is 10.4. The maximum absolute atomic E-state index is 13.9. The molecule has 0 amide bonds. The highest BCUT2D eigenvalue weighted by molar-refractivity contribution is 5.66. The van der Waals surface area contributed by atoms with Gasteiger partial charge in [0.1, 0.15) is 5.75 Å². The van der Waals surface area contributed by atoms with Gasteiger partial charge in [-0.05, 0) is 36.8 Å². The summed E-state index contributed by atoms with van der Waals surface area (Å²) in [5.74, 6) is -1.97. The number of halogens is 2. The lowest BCUT2D eigenvalue weighted by atomic mass is 10.0. The predicted octanol–water partition coefficient (Wildman–Crippen LogP) is 3.74. The molecule has 0 aliphatic rings. The van der Waals surface area contributed by atoms with Crippen LogP contribution in [0.3, 0.4) is 0 Å². The molecule has 0 aromatic heterocycles. The van der Waals surface area contributed by atoms with Crippen LogP contribution in [0.5, 0.6) is 11.5 Å². The Morgan fingerprint density at radius 1 is 1.00 bits per heavy atom. The van der Waals surface area contributed by atoms with Gasteiger partial charge < -0.3 is 9.84 Å². The van der Waals surface area contributed by atoms with Crippen molar-refractivity contribution < 1.29 is 18.6 Å². The Bertz CT molecular complexity index is 550. The van der Waals surface area contributed by atoms with Gasteiger partial charge in [0.25, 0.3) is 0 Å². The number of rotatable bonds is 3. The number of benzene rings is 2. The van der Waals surface area contributed by atoms with Crippen molar-refractivity contribution in [2.24, 2.45) is 0 Å². The zero-order valence-electron chi connectivity index (χ0n) is 9.78. The summed E-state index contributed by atoms with van der Waals surface area (Å²) in [6, 6.07) is 8.73. The van der Waals surface area contributed by atoms with Crippen LogP contribution in [-0.4, -0.2) is 11.7 Å². The molecule has 2 aromatic rings.